The minimum atomic E-state index is -0.597. The molecule has 0 aliphatic carbocycles. The fraction of sp³-hybridized carbons (Fsp3) is 0.419. The van der Waals surface area contributed by atoms with Gasteiger partial charge in [-0.05, 0) is 57.1 Å². The summed E-state index contributed by atoms with van der Waals surface area (Å²) in [6.45, 7) is 17.2. The van der Waals surface area contributed by atoms with Crippen LogP contribution in [0.2, 0.25) is 0 Å². The zero-order chi connectivity index (χ0) is 24.6. The van der Waals surface area contributed by atoms with Crippen molar-refractivity contribution in [1.29, 1.82) is 0 Å². The third-order valence-corrected chi connectivity index (χ3v) is 9.74. The van der Waals surface area contributed by atoms with E-state index in [0.29, 0.717) is 12.1 Å². The van der Waals surface area contributed by atoms with Crippen molar-refractivity contribution in [2.45, 2.75) is 46.3 Å². The van der Waals surface area contributed by atoms with E-state index in [1.807, 2.05) is 0 Å². The molecule has 1 fully saturated rings. The van der Waals surface area contributed by atoms with Gasteiger partial charge in [0.2, 0.25) is 0 Å². The van der Waals surface area contributed by atoms with E-state index >= 15 is 0 Å². The van der Waals surface area contributed by atoms with Crippen molar-refractivity contribution in [3.05, 3.63) is 90.5 Å². The van der Waals surface area contributed by atoms with Gasteiger partial charge in [0.1, 0.15) is 0 Å². The Bertz CT molecular complexity index is 962. The number of rotatable bonds is 7. The fourth-order valence-electron chi connectivity index (χ4n) is 5.01. The van der Waals surface area contributed by atoms with E-state index in [9.17, 15) is 0 Å². The molecule has 1 heterocycles. The molecule has 1 aliphatic heterocycles. The molecule has 0 unspecified atom stereocenters. The summed E-state index contributed by atoms with van der Waals surface area (Å²) in [6.07, 6.45) is 0. The molecule has 4 heteroatoms. The highest BCUT2D eigenvalue weighted by Gasteiger charge is 2.23. The van der Waals surface area contributed by atoms with Crippen LogP contribution >= 0.6 is 7.92 Å². The third kappa shape index (κ3) is 7.02. The SMILES string of the molecule is CC(C)N1CCN(Cc2ccccc2P(c2ccccc2)c2ccccc2)CCN(C(C)C)CC1. The maximum atomic E-state index is 2.69. The summed E-state index contributed by atoms with van der Waals surface area (Å²) in [4.78, 5) is 8.00. The van der Waals surface area contributed by atoms with Crippen LogP contribution in [0.5, 0.6) is 0 Å². The first-order valence-corrected chi connectivity index (χ1v) is 14.6. The molecule has 1 saturated heterocycles. The Kier molecular flexibility index (Phi) is 9.52. The molecule has 4 rings (SSSR count). The minimum absolute atomic E-state index is 0.584. The van der Waals surface area contributed by atoms with E-state index < -0.39 is 7.92 Å². The van der Waals surface area contributed by atoms with Gasteiger partial charge in [0, 0.05) is 57.9 Å². The summed E-state index contributed by atoms with van der Waals surface area (Å²) in [7, 11) is -0.597. The average Bonchev–Trinajstić information content (AvgIpc) is 2.97. The molecule has 0 aromatic heterocycles. The smallest absolute Gasteiger partial charge is 0.0241 e. The van der Waals surface area contributed by atoms with Gasteiger partial charge >= 0.3 is 0 Å². The van der Waals surface area contributed by atoms with Crippen molar-refractivity contribution >= 4 is 23.8 Å². The molecule has 0 saturated carbocycles. The van der Waals surface area contributed by atoms with Crippen LogP contribution in [0.4, 0.5) is 0 Å². The van der Waals surface area contributed by atoms with Crippen LogP contribution in [0, 0.1) is 0 Å². The predicted octanol–water partition coefficient (Wildman–Crippen LogP) is 4.68. The molecule has 0 atom stereocenters. The Balaban J connectivity index is 1.64. The normalized spacial score (nSPS) is 17.0. The van der Waals surface area contributed by atoms with Crippen LogP contribution in [0.1, 0.15) is 33.3 Å². The quantitative estimate of drug-likeness (QED) is 0.448. The van der Waals surface area contributed by atoms with Crippen LogP contribution in [-0.4, -0.2) is 66.1 Å². The van der Waals surface area contributed by atoms with Crippen LogP contribution < -0.4 is 15.9 Å². The molecule has 3 nitrogen and oxygen atoms in total. The van der Waals surface area contributed by atoms with Crippen molar-refractivity contribution in [3.63, 3.8) is 0 Å². The molecule has 1 aliphatic rings. The molecule has 186 valence electrons. The summed E-state index contributed by atoms with van der Waals surface area (Å²) in [5.74, 6) is 0. The van der Waals surface area contributed by atoms with Crippen molar-refractivity contribution in [3.8, 4) is 0 Å². The molecule has 0 spiro atoms. The van der Waals surface area contributed by atoms with Gasteiger partial charge in [0.25, 0.3) is 0 Å². The topological polar surface area (TPSA) is 9.72 Å². The highest BCUT2D eigenvalue weighted by molar-refractivity contribution is 7.79. The van der Waals surface area contributed by atoms with Crippen molar-refractivity contribution < 1.29 is 0 Å². The first kappa shape index (κ1) is 26.0. The van der Waals surface area contributed by atoms with Gasteiger partial charge in [-0.25, -0.2) is 0 Å². The van der Waals surface area contributed by atoms with Crippen LogP contribution in [-0.2, 0) is 6.54 Å². The summed E-state index contributed by atoms with van der Waals surface area (Å²) in [6, 6.07) is 32.5. The Hall–Kier alpha value is -2.03. The largest absolute Gasteiger partial charge is 0.298 e. The second-order valence-corrected chi connectivity index (χ2v) is 12.4. The second-order valence-electron chi connectivity index (χ2n) is 10.2. The molecule has 3 aromatic carbocycles. The minimum Gasteiger partial charge on any atom is -0.298 e. The van der Waals surface area contributed by atoms with E-state index in [2.05, 4.69) is 127 Å². The highest BCUT2D eigenvalue weighted by atomic mass is 31.1. The van der Waals surface area contributed by atoms with Gasteiger partial charge < -0.3 is 0 Å². The molecule has 3 aromatic rings. The molecule has 0 amide bonds. The van der Waals surface area contributed by atoms with Gasteiger partial charge in [0.15, 0.2) is 0 Å². The summed E-state index contributed by atoms with van der Waals surface area (Å²) < 4.78 is 0. The standard InChI is InChI=1S/C31H42N3P/c1-26(2)33-21-19-32(20-22-34(24-23-33)27(3)4)25-28-13-11-12-18-31(28)35(29-14-7-5-8-15-29)30-16-9-6-10-17-30/h5-18,26-27H,19-25H2,1-4H3. The van der Waals surface area contributed by atoms with Crippen molar-refractivity contribution in [2.24, 2.45) is 0 Å². The Morgan fingerprint density at radius 2 is 1.00 bits per heavy atom. The molecule has 0 radical (unpaired) electrons. The lowest BCUT2D eigenvalue weighted by Gasteiger charge is -2.30. The number of benzene rings is 3. The van der Waals surface area contributed by atoms with E-state index in [4.69, 9.17) is 0 Å². The summed E-state index contributed by atoms with van der Waals surface area (Å²) >= 11 is 0. The predicted molar refractivity (Wildman–Crippen MR) is 154 cm³/mol. The Labute approximate surface area is 214 Å². The van der Waals surface area contributed by atoms with E-state index in [0.717, 1.165) is 45.8 Å². The summed E-state index contributed by atoms with van der Waals surface area (Å²) in [5, 5.41) is 4.33. The van der Waals surface area contributed by atoms with Gasteiger partial charge in [-0.2, -0.15) is 0 Å². The lowest BCUT2D eigenvalue weighted by Crippen LogP contribution is -2.41. The first-order chi connectivity index (χ1) is 17.0. The van der Waals surface area contributed by atoms with Gasteiger partial charge in [0.05, 0.1) is 0 Å². The number of hydrogen-bond donors (Lipinski definition) is 0. The molecular formula is C31H42N3P. The average molecular weight is 488 g/mol. The van der Waals surface area contributed by atoms with Crippen LogP contribution in [0.25, 0.3) is 0 Å². The molecule has 35 heavy (non-hydrogen) atoms. The molecule has 0 N–H and O–H groups in total. The van der Waals surface area contributed by atoms with Crippen molar-refractivity contribution in [1.82, 2.24) is 14.7 Å². The summed E-state index contributed by atoms with van der Waals surface area (Å²) in [5.41, 5.74) is 1.47. The molecular weight excluding hydrogens is 445 g/mol. The van der Waals surface area contributed by atoms with Gasteiger partial charge in [-0.3, -0.25) is 14.7 Å². The van der Waals surface area contributed by atoms with E-state index in [1.165, 1.54) is 21.5 Å². The van der Waals surface area contributed by atoms with Gasteiger partial charge in [-0.1, -0.05) is 84.9 Å². The zero-order valence-corrected chi connectivity index (χ0v) is 22.9. The number of hydrogen-bond acceptors (Lipinski definition) is 3. The Morgan fingerprint density at radius 3 is 1.49 bits per heavy atom. The molecule has 0 bridgehead atoms. The van der Waals surface area contributed by atoms with Gasteiger partial charge in [-0.15, -0.1) is 0 Å². The fourth-order valence-corrected chi connectivity index (χ4v) is 7.47. The van der Waals surface area contributed by atoms with Crippen molar-refractivity contribution in [2.75, 3.05) is 39.3 Å². The lowest BCUT2D eigenvalue weighted by molar-refractivity contribution is 0.169. The maximum Gasteiger partial charge on any atom is 0.0241 e. The van der Waals surface area contributed by atoms with E-state index in [1.54, 1.807) is 0 Å². The van der Waals surface area contributed by atoms with E-state index in [-0.39, 0.29) is 0 Å². The number of nitrogens with zero attached hydrogens (tertiary/aromatic N) is 3. The lowest BCUT2D eigenvalue weighted by atomic mass is 10.2. The monoisotopic (exact) mass is 487 g/mol. The van der Waals surface area contributed by atoms with Crippen LogP contribution in [0.15, 0.2) is 84.9 Å². The maximum absolute atomic E-state index is 2.69. The first-order valence-electron chi connectivity index (χ1n) is 13.2. The highest BCUT2D eigenvalue weighted by Crippen LogP contribution is 2.34. The third-order valence-electron chi connectivity index (χ3n) is 7.20. The van der Waals surface area contributed by atoms with Crippen LogP contribution in [0.3, 0.4) is 0 Å². The second kappa shape index (κ2) is 12.8. The zero-order valence-electron chi connectivity index (χ0n) is 22.0. The Morgan fingerprint density at radius 1 is 0.571 bits per heavy atom.